The first kappa shape index (κ1) is 13.1. The molecule has 0 unspecified atom stereocenters. The number of benzene rings is 1. The number of hydrogen-bond acceptors (Lipinski definition) is 4. The van der Waals surface area contributed by atoms with Gasteiger partial charge in [0, 0.05) is 26.2 Å². The van der Waals surface area contributed by atoms with Crippen LogP contribution in [0.2, 0.25) is 0 Å². The summed E-state index contributed by atoms with van der Waals surface area (Å²) in [7, 11) is 2.19. The van der Waals surface area contributed by atoms with E-state index in [-0.39, 0.29) is 5.54 Å². The second-order valence-electron chi connectivity index (χ2n) is 6.65. The number of nitrogens with zero attached hydrogens (tertiary/aromatic N) is 3. The van der Waals surface area contributed by atoms with Crippen molar-refractivity contribution in [2.75, 3.05) is 33.3 Å². The third-order valence-electron chi connectivity index (χ3n) is 5.12. The Balaban J connectivity index is 1.51. The van der Waals surface area contributed by atoms with Gasteiger partial charge in [-0.3, -0.25) is 0 Å². The normalized spacial score (nSPS) is 24.6. The number of rotatable bonds is 0. The fourth-order valence-electron chi connectivity index (χ4n) is 3.58. The van der Waals surface area contributed by atoms with Crippen molar-refractivity contribution in [1.82, 2.24) is 9.80 Å². The maximum absolute atomic E-state index is 5.99. The summed E-state index contributed by atoms with van der Waals surface area (Å²) in [6.07, 6.45) is 3.34. The van der Waals surface area contributed by atoms with Gasteiger partial charge >= 0.3 is 0 Å². The molecule has 0 saturated carbocycles. The van der Waals surface area contributed by atoms with E-state index in [1.807, 2.05) is 0 Å². The highest BCUT2D eigenvalue weighted by molar-refractivity contribution is 5.76. The minimum absolute atomic E-state index is 0.0544. The Hall–Kier alpha value is -1.55. The van der Waals surface area contributed by atoms with Crippen LogP contribution in [-0.4, -0.2) is 54.6 Å². The third-order valence-corrected chi connectivity index (χ3v) is 5.12. The largest absolute Gasteiger partial charge is 0.463 e. The average Bonchev–Trinajstić information content (AvgIpc) is 2.94. The van der Waals surface area contributed by atoms with Gasteiger partial charge in [0.15, 0.2) is 0 Å². The van der Waals surface area contributed by atoms with Crippen molar-refractivity contribution in [2.45, 2.75) is 31.3 Å². The van der Waals surface area contributed by atoms with Gasteiger partial charge in [0.1, 0.15) is 12.1 Å². The number of hydrogen-bond donors (Lipinski definition) is 0. The van der Waals surface area contributed by atoms with Crippen molar-refractivity contribution < 1.29 is 4.74 Å². The molecule has 0 aromatic heterocycles. The number of ether oxygens (including phenoxy) is 1. The van der Waals surface area contributed by atoms with Gasteiger partial charge in [-0.05, 0) is 37.4 Å². The summed E-state index contributed by atoms with van der Waals surface area (Å²) in [5.41, 5.74) is 2.94. The Morgan fingerprint density at radius 1 is 1.10 bits per heavy atom. The lowest BCUT2D eigenvalue weighted by molar-refractivity contribution is 0.147. The van der Waals surface area contributed by atoms with E-state index in [9.17, 15) is 0 Å². The monoisotopic (exact) mass is 285 g/mol. The third kappa shape index (κ3) is 2.42. The molecule has 0 radical (unpaired) electrons. The van der Waals surface area contributed by atoms with E-state index in [1.165, 1.54) is 11.1 Å². The Morgan fingerprint density at radius 3 is 2.67 bits per heavy atom. The van der Waals surface area contributed by atoms with Gasteiger partial charge in [-0.15, -0.1) is 0 Å². The van der Waals surface area contributed by atoms with Crippen LogP contribution in [0.3, 0.4) is 0 Å². The van der Waals surface area contributed by atoms with E-state index >= 15 is 0 Å². The summed E-state index contributed by atoms with van der Waals surface area (Å²) in [5, 5.41) is 0. The van der Waals surface area contributed by atoms with Crippen molar-refractivity contribution in [3.63, 3.8) is 0 Å². The molecular weight excluding hydrogens is 262 g/mol. The molecule has 4 rings (SSSR count). The van der Waals surface area contributed by atoms with Gasteiger partial charge in [0.05, 0.1) is 0 Å². The molecule has 0 aliphatic carbocycles. The van der Waals surface area contributed by atoms with Crippen molar-refractivity contribution in [2.24, 2.45) is 4.99 Å². The Morgan fingerprint density at radius 2 is 1.86 bits per heavy atom. The number of likely N-dealkylation sites (tertiary alicyclic amines) is 1. The van der Waals surface area contributed by atoms with Gasteiger partial charge in [-0.25, -0.2) is 4.99 Å². The standard InChI is InChI=1S/C17H23N3O/c1-19-10-7-17(8-11-19)13-21-16(18-17)20-9-6-14-4-2-3-5-15(14)12-20/h2-5H,6-13H2,1H3. The minimum atomic E-state index is 0.0544. The van der Waals surface area contributed by atoms with Gasteiger partial charge in [0.2, 0.25) is 0 Å². The SMILES string of the molecule is CN1CCC2(CC1)COC(N1CCc3ccccc3C1)=N2. The van der Waals surface area contributed by atoms with E-state index in [1.54, 1.807) is 0 Å². The number of piperidine rings is 1. The van der Waals surface area contributed by atoms with Crippen LogP contribution < -0.4 is 0 Å². The zero-order valence-electron chi connectivity index (χ0n) is 12.7. The van der Waals surface area contributed by atoms with E-state index in [0.29, 0.717) is 0 Å². The summed E-state index contributed by atoms with van der Waals surface area (Å²) in [6, 6.07) is 9.60. The van der Waals surface area contributed by atoms with Gasteiger partial charge in [0.25, 0.3) is 6.02 Å². The quantitative estimate of drug-likeness (QED) is 0.729. The molecule has 1 fully saturated rings. The molecule has 0 N–H and O–H groups in total. The zero-order chi connectivity index (χ0) is 14.3. The number of fused-ring (bicyclic) bond motifs is 1. The maximum atomic E-state index is 5.99. The predicted octanol–water partition coefficient (Wildman–Crippen LogP) is 1.90. The van der Waals surface area contributed by atoms with Crippen molar-refractivity contribution in [3.8, 4) is 0 Å². The molecule has 1 saturated heterocycles. The predicted molar refractivity (Wildman–Crippen MR) is 83.4 cm³/mol. The molecule has 0 bridgehead atoms. The second-order valence-corrected chi connectivity index (χ2v) is 6.65. The molecular formula is C17H23N3O. The Kier molecular flexibility index (Phi) is 3.14. The molecule has 3 heterocycles. The van der Waals surface area contributed by atoms with Crippen LogP contribution >= 0.6 is 0 Å². The van der Waals surface area contributed by atoms with Crippen LogP contribution in [0.15, 0.2) is 29.3 Å². The van der Waals surface area contributed by atoms with Crippen LogP contribution in [0.4, 0.5) is 0 Å². The second kappa shape index (κ2) is 5.02. The topological polar surface area (TPSA) is 28.1 Å². The molecule has 1 spiro atoms. The zero-order valence-corrected chi connectivity index (χ0v) is 12.7. The van der Waals surface area contributed by atoms with Crippen LogP contribution in [-0.2, 0) is 17.7 Å². The van der Waals surface area contributed by atoms with Crippen molar-refractivity contribution in [1.29, 1.82) is 0 Å². The molecule has 21 heavy (non-hydrogen) atoms. The summed E-state index contributed by atoms with van der Waals surface area (Å²) in [4.78, 5) is 9.70. The molecule has 112 valence electrons. The van der Waals surface area contributed by atoms with Gasteiger partial charge in [-0.1, -0.05) is 24.3 Å². The van der Waals surface area contributed by atoms with Gasteiger partial charge in [-0.2, -0.15) is 0 Å². The highest BCUT2D eigenvalue weighted by atomic mass is 16.5. The molecule has 4 nitrogen and oxygen atoms in total. The van der Waals surface area contributed by atoms with E-state index < -0.39 is 0 Å². The highest BCUT2D eigenvalue weighted by Crippen LogP contribution is 2.32. The lowest BCUT2D eigenvalue weighted by Gasteiger charge is -2.33. The van der Waals surface area contributed by atoms with Crippen LogP contribution in [0, 0.1) is 0 Å². The van der Waals surface area contributed by atoms with Gasteiger partial charge < -0.3 is 14.5 Å². The van der Waals surface area contributed by atoms with Crippen LogP contribution in [0.1, 0.15) is 24.0 Å². The molecule has 0 atom stereocenters. The fourth-order valence-corrected chi connectivity index (χ4v) is 3.58. The lowest BCUT2D eigenvalue weighted by atomic mass is 9.90. The number of amidine groups is 1. The molecule has 3 aliphatic rings. The highest BCUT2D eigenvalue weighted by Gasteiger charge is 2.40. The molecule has 4 heteroatoms. The first-order valence-corrected chi connectivity index (χ1v) is 7.97. The molecule has 3 aliphatic heterocycles. The summed E-state index contributed by atoms with van der Waals surface area (Å²) >= 11 is 0. The van der Waals surface area contributed by atoms with Crippen molar-refractivity contribution >= 4 is 6.02 Å². The van der Waals surface area contributed by atoms with E-state index in [0.717, 1.165) is 58.1 Å². The first-order valence-electron chi connectivity index (χ1n) is 7.97. The maximum Gasteiger partial charge on any atom is 0.288 e. The van der Waals surface area contributed by atoms with Crippen LogP contribution in [0.25, 0.3) is 0 Å². The Bertz CT molecular complexity index is 561. The fraction of sp³-hybridized carbons (Fsp3) is 0.588. The molecule has 1 aromatic rings. The summed E-state index contributed by atoms with van der Waals surface area (Å²) in [5.74, 6) is 0. The van der Waals surface area contributed by atoms with Crippen LogP contribution in [0.5, 0.6) is 0 Å². The summed E-state index contributed by atoms with van der Waals surface area (Å²) < 4.78 is 5.99. The minimum Gasteiger partial charge on any atom is -0.463 e. The molecule has 0 amide bonds. The van der Waals surface area contributed by atoms with E-state index in [4.69, 9.17) is 9.73 Å². The van der Waals surface area contributed by atoms with E-state index in [2.05, 4.69) is 41.1 Å². The number of aliphatic imine (C=N–C) groups is 1. The van der Waals surface area contributed by atoms with Crippen molar-refractivity contribution in [3.05, 3.63) is 35.4 Å². The summed E-state index contributed by atoms with van der Waals surface area (Å²) in [6.45, 7) is 4.98. The smallest absolute Gasteiger partial charge is 0.288 e. The Labute approximate surface area is 126 Å². The first-order chi connectivity index (χ1) is 10.2. The average molecular weight is 285 g/mol. The molecule has 1 aromatic carbocycles. The lowest BCUT2D eigenvalue weighted by Crippen LogP contribution is -2.42.